The summed E-state index contributed by atoms with van der Waals surface area (Å²) < 4.78 is 25.0. The minimum absolute atomic E-state index is 0.0502. The van der Waals surface area contributed by atoms with Crippen molar-refractivity contribution >= 4 is 6.29 Å². The van der Waals surface area contributed by atoms with E-state index in [9.17, 15) is 4.39 Å². The Labute approximate surface area is 208 Å². The lowest BCUT2D eigenvalue weighted by Gasteiger charge is -2.12. The summed E-state index contributed by atoms with van der Waals surface area (Å²) in [4.78, 5) is 8.81. The van der Waals surface area contributed by atoms with Gasteiger partial charge in [-0.2, -0.15) is 0 Å². The maximum Gasteiger partial charge on any atom is 0.130 e. The van der Waals surface area contributed by atoms with Crippen LogP contribution in [0.1, 0.15) is 53.9 Å². The Hall–Kier alpha value is -2.72. The molecule has 0 N–H and O–H groups in total. The van der Waals surface area contributed by atoms with Crippen LogP contribution in [0.5, 0.6) is 0 Å². The number of methoxy groups -OCH3 is 2. The van der Waals surface area contributed by atoms with E-state index in [4.69, 9.17) is 14.3 Å². The number of hydrogen-bond donors (Lipinski definition) is 0. The molecule has 0 amide bonds. The zero-order chi connectivity index (χ0) is 27.1. The van der Waals surface area contributed by atoms with Gasteiger partial charge >= 0.3 is 0 Å². The van der Waals surface area contributed by atoms with Gasteiger partial charge in [0.15, 0.2) is 0 Å². The number of rotatable bonds is 14. The lowest BCUT2D eigenvalue weighted by Crippen LogP contribution is -1.98. The Kier molecular flexibility index (Phi) is 24.7. The number of halogens is 1. The maximum atomic E-state index is 14.7. The largest absolute Gasteiger partial charge is 0.497 e. The van der Waals surface area contributed by atoms with Crippen LogP contribution < -0.4 is 0 Å². The Bertz CT molecular complexity index is 732. The van der Waals surface area contributed by atoms with Crippen molar-refractivity contribution in [3.8, 4) is 0 Å². The Balaban J connectivity index is -0.00000143. The molecule has 0 fully saturated rings. The van der Waals surface area contributed by atoms with E-state index in [1.807, 2.05) is 13.8 Å². The highest BCUT2D eigenvalue weighted by molar-refractivity contribution is 5.50. The summed E-state index contributed by atoms with van der Waals surface area (Å²) in [6, 6.07) is 0. The summed E-state index contributed by atoms with van der Waals surface area (Å²) in [5.74, 6) is 0.639. The summed E-state index contributed by atoms with van der Waals surface area (Å²) in [6.07, 6.45) is 12.5. The molecule has 0 bridgehead atoms. The molecule has 0 saturated carbocycles. The normalized spacial score (nSPS) is 12.8. The van der Waals surface area contributed by atoms with Crippen LogP contribution in [0.2, 0.25) is 0 Å². The van der Waals surface area contributed by atoms with Crippen molar-refractivity contribution in [3.63, 3.8) is 0 Å². The molecule has 0 aromatic carbocycles. The number of carbonyl (C=O) groups excluding carboxylic acids is 1. The van der Waals surface area contributed by atoms with Gasteiger partial charge in [0.1, 0.15) is 17.9 Å². The molecule has 0 radical (unpaired) electrons. The number of allylic oxidation sites excluding steroid dienone is 10. The molecule has 0 heterocycles. The van der Waals surface area contributed by atoms with E-state index in [1.54, 1.807) is 26.4 Å². The van der Waals surface area contributed by atoms with Gasteiger partial charge in [0, 0.05) is 19.3 Å². The average molecular weight is 475 g/mol. The molecule has 0 aliphatic carbocycles. The van der Waals surface area contributed by atoms with Crippen LogP contribution in [0.25, 0.3) is 0 Å². The zero-order valence-electron chi connectivity index (χ0n) is 22.6. The SMILES string of the molecule is C=C(/C=C(/CCCOC)C(=C)OC)C(=C)/C(F)=C\C(=C)C(C)/C=C\C(C)CC.C=CC.CC=O. The van der Waals surface area contributed by atoms with Crippen molar-refractivity contribution in [2.24, 2.45) is 11.8 Å². The third-order valence-corrected chi connectivity index (χ3v) is 4.69. The van der Waals surface area contributed by atoms with Crippen LogP contribution in [0, 0.1) is 11.8 Å². The van der Waals surface area contributed by atoms with Gasteiger partial charge in [-0.25, -0.2) is 4.39 Å². The fourth-order valence-electron chi connectivity index (χ4n) is 2.28. The van der Waals surface area contributed by atoms with Crippen molar-refractivity contribution in [1.82, 2.24) is 0 Å². The van der Waals surface area contributed by atoms with E-state index in [0.717, 1.165) is 24.7 Å². The average Bonchev–Trinajstić information content (AvgIpc) is 2.81. The summed E-state index contributed by atoms with van der Waals surface area (Å²) >= 11 is 0. The first-order chi connectivity index (χ1) is 16.0. The van der Waals surface area contributed by atoms with Gasteiger partial charge in [0.05, 0.1) is 7.11 Å². The minimum Gasteiger partial charge on any atom is -0.497 e. The monoisotopic (exact) mass is 474 g/mol. The lowest BCUT2D eigenvalue weighted by atomic mass is 9.96. The molecule has 2 atom stereocenters. The molecule has 0 aromatic rings. The molecule has 0 rings (SSSR count). The number of carbonyl (C=O) groups is 1. The van der Waals surface area contributed by atoms with E-state index in [-0.39, 0.29) is 11.5 Å². The smallest absolute Gasteiger partial charge is 0.130 e. The molecule has 3 nitrogen and oxygen atoms in total. The van der Waals surface area contributed by atoms with Crippen molar-refractivity contribution in [2.75, 3.05) is 20.8 Å². The second kappa shape index (κ2) is 23.4. The fraction of sp³-hybridized carbons (Fsp3) is 0.433. The van der Waals surface area contributed by atoms with Crippen LogP contribution in [0.3, 0.4) is 0 Å². The molecule has 4 heteroatoms. The molecule has 0 spiro atoms. The molecule has 34 heavy (non-hydrogen) atoms. The number of hydrogen-bond acceptors (Lipinski definition) is 3. The highest BCUT2D eigenvalue weighted by Crippen LogP contribution is 2.26. The summed E-state index contributed by atoms with van der Waals surface area (Å²) in [6.45, 7) is 29.3. The Morgan fingerprint density at radius 3 is 2.00 bits per heavy atom. The third kappa shape index (κ3) is 18.8. The second-order valence-electron chi connectivity index (χ2n) is 7.67. The van der Waals surface area contributed by atoms with E-state index in [2.05, 4.69) is 58.9 Å². The molecule has 2 unspecified atom stereocenters. The molecule has 192 valence electrons. The van der Waals surface area contributed by atoms with Crippen molar-refractivity contribution in [1.29, 1.82) is 0 Å². The van der Waals surface area contributed by atoms with Gasteiger partial charge < -0.3 is 14.3 Å². The number of ether oxygens (including phenoxy) is 2. The van der Waals surface area contributed by atoms with Gasteiger partial charge in [0.25, 0.3) is 0 Å². The second-order valence-corrected chi connectivity index (χ2v) is 7.67. The molecule has 0 aliphatic heterocycles. The summed E-state index contributed by atoms with van der Waals surface area (Å²) in [5.41, 5.74) is 2.25. The van der Waals surface area contributed by atoms with E-state index < -0.39 is 5.83 Å². The fourth-order valence-corrected chi connectivity index (χ4v) is 2.28. The maximum absolute atomic E-state index is 14.7. The van der Waals surface area contributed by atoms with Gasteiger partial charge in [-0.05, 0) is 67.4 Å². The first-order valence-corrected chi connectivity index (χ1v) is 11.5. The molecule has 0 saturated heterocycles. The third-order valence-electron chi connectivity index (χ3n) is 4.69. The van der Waals surface area contributed by atoms with Gasteiger partial charge in [0.2, 0.25) is 0 Å². The highest BCUT2D eigenvalue weighted by atomic mass is 19.1. The van der Waals surface area contributed by atoms with Crippen molar-refractivity contribution < 1.29 is 18.7 Å². The summed E-state index contributed by atoms with van der Waals surface area (Å²) in [7, 11) is 3.21. The van der Waals surface area contributed by atoms with Crippen LogP contribution in [-0.4, -0.2) is 27.1 Å². The van der Waals surface area contributed by atoms with E-state index >= 15 is 0 Å². The zero-order valence-corrected chi connectivity index (χ0v) is 22.6. The first-order valence-electron chi connectivity index (χ1n) is 11.5. The van der Waals surface area contributed by atoms with Crippen molar-refractivity contribution in [3.05, 3.63) is 97.2 Å². The van der Waals surface area contributed by atoms with Gasteiger partial charge in [-0.3, -0.25) is 0 Å². The lowest BCUT2D eigenvalue weighted by molar-refractivity contribution is -0.106. The minimum atomic E-state index is -0.436. The van der Waals surface area contributed by atoms with Gasteiger partial charge in [-0.1, -0.05) is 71.7 Å². The molecular weight excluding hydrogens is 427 g/mol. The summed E-state index contributed by atoms with van der Waals surface area (Å²) in [5, 5.41) is 0. The Morgan fingerprint density at radius 2 is 1.56 bits per heavy atom. The van der Waals surface area contributed by atoms with Crippen LogP contribution in [0.4, 0.5) is 4.39 Å². The molecular formula is C30H47FO3. The van der Waals surface area contributed by atoms with E-state index in [1.165, 1.54) is 13.0 Å². The number of aldehydes is 1. The van der Waals surface area contributed by atoms with E-state index in [0.29, 0.717) is 35.9 Å². The van der Waals surface area contributed by atoms with Crippen LogP contribution in [0.15, 0.2) is 97.2 Å². The highest BCUT2D eigenvalue weighted by Gasteiger charge is 2.10. The molecule has 0 aliphatic rings. The van der Waals surface area contributed by atoms with Crippen LogP contribution in [-0.2, 0) is 14.3 Å². The van der Waals surface area contributed by atoms with Gasteiger partial charge in [-0.15, -0.1) is 6.58 Å². The predicted molar refractivity (Wildman–Crippen MR) is 147 cm³/mol. The van der Waals surface area contributed by atoms with Crippen LogP contribution >= 0.6 is 0 Å². The predicted octanol–water partition coefficient (Wildman–Crippen LogP) is 8.66. The standard InChI is InChI=1S/C25H37FO2.C3H6.C2H4O/c1-10-18(2)13-14-19(3)20(4)17-25(26)22(6)21(5)16-24(23(7)28-9)12-11-15-27-8;1-3-2;1-2-3/h13-14,16-19H,4-7,10-12,15H2,1-3,8-9H3;3H,1H2,2H3;2H,1H3/b14-13-,24-16-,25-17+;;. The first kappa shape index (κ1) is 35.9. The quantitative estimate of drug-likeness (QED) is 0.0830. The molecule has 0 aromatic heterocycles. The van der Waals surface area contributed by atoms with Crippen molar-refractivity contribution in [2.45, 2.75) is 53.9 Å². The topological polar surface area (TPSA) is 35.5 Å². The Morgan fingerprint density at radius 1 is 1.03 bits per heavy atom.